The second-order valence-corrected chi connectivity index (χ2v) is 9.25. The number of amides is 1. The van der Waals surface area contributed by atoms with Crippen LogP contribution < -0.4 is 14.4 Å². The first-order valence-corrected chi connectivity index (χ1v) is 12.2. The van der Waals surface area contributed by atoms with E-state index in [-0.39, 0.29) is 24.9 Å². The van der Waals surface area contributed by atoms with Crippen molar-refractivity contribution in [2.24, 2.45) is 0 Å². The molecular weight excluding hydrogens is 497 g/mol. The number of halogens is 2. The highest BCUT2D eigenvalue weighted by atomic mass is 35.5. The predicted octanol–water partition coefficient (Wildman–Crippen LogP) is 4.82. The highest BCUT2D eigenvalue weighted by molar-refractivity contribution is 7.22. The number of morpholine rings is 1. The molecule has 0 saturated carbocycles. The highest BCUT2D eigenvalue weighted by Gasteiger charge is 2.22. The number of fused-ring (bicyclic) bond motifs is 1. The fourth-order valence-corrected chi connectivity index (χ4v) is 4.94. The summed E-state index contributed by atoms with van der Waals surface area (Å²) in [5.41, 5.74) is 1.76. The number of anilines is 1. The Bertz CT molecular complexity index is 1110. The molecule has 1 fully saturated rings. The fourth-order valence-electron chi connectivity index (χ4n) is 3.72. The number of aryl methyl sites for hydroxylation is 1. The summed E-state index contributed by atoms with van der Waals surface area (Å²) in [5, 5.41) is 1.34. The molecule has 4 rings (SSSR count). The standard InChI is InChI=1S/C24H28ClN3O4S.ClH/c1-17-20(25)7-8-21-23(17)26-24(33-21)28(10-4-9-27-11-13-31-14-12-27)22(29)16-32-19-6-3-5-18(15-19)30-2;/h3,5-8,15H,4,9-14,16H2,1-2H3;1H. The Labute approximate surface area is 215 Å². The lowest BCUT2D eigenvalue weighted by Crippen LogP contribution is -2.40. The maximum absolute atomic E-state index is 13.3. The average molecular weight is 526 g/mol. The molecule has 0 radical (unpaired) electrons. The number of nitrogens with zero attached hydrogens (tertiary/aromatic N) is 3. The van der Waals surface area contributed by atoms with Gasteiger partial charge in [-0.25, -0.2) is 4.98 Å². The molecule has 0 aliphatic carbocycles. The molecule has 3 aromatic rings. The molecule has 1 aliphatic heterocycles. The summed E-state index contributed by atoms with van der Waals surface area (Å²) in [4.78, 5) is 22.1. The molecule has 1 aromatic heterocycles. The van der Waals surface area contributed by atoms with Crippen molar-refractivity contribution in [3.05, 3.63) is 47.0 Å². The van der Waals surface area contributed by atoms with Crippen molar-refractivity contribution in [3.8, 4) is 11.5 Å². The van der Waals surface area contributed by atoms with Crippen LogP contribution in [0.5, 0.6) is 11.5 Å². The van der Waals surface area contributed by atoms with E-state index in [9.17, 15) is 4.79 Å². The molecule has 0 bridgehead atoms. The third-order valence-electron chi connectivity index (χ3n) is 5.63. The SMILES string of the molecule is COc1cccc(OCC(=O)N(CCCN2CCOCC2)c2nc3c(C)c(Cl)ccc3s2)c1.Cl. The largest absolute Gasteiger partial charge is 0.497 e. The van der Waals surface area contributed by atoms with Crippen molar-refractivity contribution in [1.29, 1.82) is 0 Å². The molecule has 7 nitrogen and oxygen atoms in total. The van der Waals surface area contributed by atoms with Crippen molar-refractivity contribution in [3.63, 3.8) is 0 Å². The smallest absolute Gasteiger partial charge is 0.266 e. The van der Waals surface area contributed by atoms with Crippen LogP contribution in [0.15, 0.2) is 36.4 Å². The number of hydrogen-bond donors (Lipinski definition) is 0. The third-order valence-corrected chi connectivity index (χ3v) is 7.08. The molecule has 0 N–H and O–H groups in total. The van der Waals surface area contributed by atoms with Crippen LogP contribution in [0.1, 0.15) is 12.0 Å². The number of rotatable bonds is 9. The summed E-state index contributed by atoms with van der Waals surface area (Å²) in [7, 11) is 1.60. The second-order valence-electron chi connectivity index (χ2n) is 7.84. The first-order chi connectivity index (χ1) is 16.0. The van der Waals surface area contributed by atoms with Gasteiger partial charge in [0.25, 0.3) is 5.91 Å². The summed E-state index contributed by atoms with van der Waals surface area (Å²) in [5.74, 6) is 1.13. The van der Waals surface area contributed by atoms with E-state index in [2.05, 4.69) is 4.90 Å². The first kappa shape index (κ1) is 26.5. The van der Waals surface area contributed by atoms with Crippen LogP contribution in [0.3, 0.4) is 0 Å². The molecule has 1 saturated heterocycles. The van der Waals surface area contributed by atoms with E-state index in [0.717, 1.165) is 55.0 Å². The van der Waals surface area contributed by atoms with Gasteiger partial charge in [0.2, 0.25) is 0 Å². The molecule has 10 heteroatoms. The summed E-state index contributed by atoms with van der Waals surface area (Å²) in [6.45, 7) is 6.69. The van der Waals surface area contributed by atoms with Crippen LogP contribution in [0.2, 0.25) is 5.02 Å². The predicted molar refractivity (Wildman–Crippen MR) is 139 cm³/mol. The van der Waals surface area contributed by atoms with E-state index in [0.29, 0.717) is 28.2 Å². The van der Waals surface area contributed by atoms with Gasteiger partial charge in [0, 0.05) is 37.3 Å². The van der Waals surface area contributed by atoms with Gasteiger partial charge < -0.3 is 14.2 Å². The average Bonchev–Trinajstić information content (AvgIpc) is 3.28. The van der Waals surface area contributed by atoms with Crippen LogP contribution in [0.25, 0.3) is 10.2 Å². The number of carbonyl (C=O) groups is 1. The molecular formula is C24H29Cl2N3O4S. The molecule has 184 valence electrons. The third kappa shape index (κ3) is 6.52. The molecule has 34 heavy (non-hydrogen) atoms. The zero-order valence-corrected chi connectivity index (χ0v) is 21.7. The minimum absolute atomic E-state index is 0. The van der Waals surface area contributed by atoms with E-state index in [1.807, 2.05) is 37.3 Å². The van der Waals surface area contributed by atoms with Gasteiger partial charge in [0.15, 0.2) is 11.7 Å². The highest BCUT2D eigenvalue weighted by Crippen LogP contribution is 2.33. The Kier molecular flexibility index (Phi) is 9.79. The normalized spacial score (nSPS) is 14.0. The first-order valence-electron chi connectivity index (χ1n) is 11.0. The summed E-state index contributed by atoms with van der Waals surface area (Å²) in [6, 6.07) is 11.1. The van der Waals surface area contributed by atoms with Gasteiger partial charge in [-0.1, -0.05) is 29.0 Å². The van der Waals surface area contributed by atoms with Gasteiger partial charge >= 0.3 is 0 Å². The lowest BCUT2D eigenvalue weighted by atomic mass is 10.2. The minimum Gasteiger partial charge on any atom is -0.497 e. The number of ether oxygens (including phenoxy) is 3. The van der Waals surface area contributed by atoms with Crippen molar-refractivity contribution in [2.45, 2.75) is 13.3 Å². The topological polar surface area (TPSA) is 64.1 Å². The number of hydrogen-bond acceptors (Lipinski definition) is 7. The lowest BCUT2D eigenvalue weighted by Gasteiger charge is -2.27. The van der Waals surface area contributed by atoms with Gasteiger partial charge in [-0.2, -0.15) is 0 Å². The van der Waals surface area contributed by atoms with E-state index in [1.54, 1.807) is 18.1 Å². The van der Waals surface area contributed by atoms with Gasteiger partial charge in [-0.15, -0.1) is 12.4 Å². The fraction of sp³-hybridized carbons (Fsp3) is 0.417. The molecule has 2 aromatic carbocycles. The van der Waals surface area contributed by atoms with Crippen molar-refractivity contribution >= 4 is 56.6 Å². The maximum atomic E-state index is 13.3. The molecule has 1 amide bonds. The van der Waals surface area contributed by atoms with E-state index in [1.165, 1.54) is 11.3 Å². The van der Waals surface area contributed by atoms with Crippen LogP contribution in [0, 0.1) is 6.92 Å². The van der Waals surface area contributed by atoms with Gasteiger partial charge in [0.1, 0.15) is 11.5 Å². The Balaban J connectivity index is 0.00000324. The number of benzene rings is 2. The van der Waals surface area contributed by atoms with Gasteiger partial charge in [0.05, 0.1) is 30.5 Å². The van der Waals surface area contributed by atoms with Crippen molar-refractivity contribution in [2.75, 3.05) is 58.0 Å². The summed E-state index contributed by atoms with van der Waals surface area (Å²) < 4.78 is 17.5. The van der Waals surface area contributed by atoms with Gasteiger partial charge in [-0.05, 0) is 43.2 Å². The number of carbonyl (C=O) groups excluding carboxylic acids is 1. The van der Waals surface area contributed by atoms with Crippen molar-refractivity contribution < 1.29 is 19.0 Å². The molecule has 2 heterocycles. The number of aromatic nitrogens is 1. The summed E-state index contributed by atoms with van der Waals surface area (Å²) >= 11 is 7.79. The lowest BCUT2D eigenvalue weighted by molar-refractivity contribution is -0.120. The zero-order valence-electron chi connectivity index (χ0n) is 19.3. The maximum Gasteiger partial charge on any atom is 0.266 e. The van der Waals surface area contributed by atoms with Crippen LogP contribution in [0.4, 0.5) is 5.13 Å². The molecule has 0 unspecified atom stereocenters. The summed E-state index contributed by atoms with van der Waals surface area (Å²) in [6.07, 6.45) is 0.834. The zero-order chi connectivity index (χ0) is 23.2. The molecule has 1 aliphatic rings. The van der Waals surface area contributed by atoms with E-state index >= 15 is 0 Å². The Morgan fingerprint density at radius 1 is 1.24 bits per heavy atom. The van der Waals surface area contributed by atoms with Crippen LogP contribution in [-0.2, 0) is 9.53 Å². The quantitative estimate of drug-likeness (QED) is 0.398. The minimum atomic E-state index is -0.136. The Morgan fingerprint density at radius 3 is 2.76 bits per heavy atom. The molecule has 0 atom stereocenters. The van der Waals surface area contributed by atoms with Crippen molar-refractivity contribution in [1.82, 2.24) is 9.88 Å². The monoisotopic (exact) mass is 525 g/mol. The van der Waals surface area contributed by atoms with E-state index in [4.69, 9.17) is 30.8 Å². The number of methoxy groups -OCH3 is 1. The van der Waals surface area contributed by atoms with Crippen LogP contribution in [-0.4, -0.2) is 68.9 Å². The second kappa shape index (κ2) is 12.6. The van der Waals surface area contributed by atoms with E-state index < -0.39 is 0 Å². The van der Waals surface area contributed by atoms with Gasteiger partial charge in [-0.3, -0.25) is 14.6 Å². The molecule has 0 spiro atoms. The van der Waals surface area contributed by atoms with Crippen LogP contribution >= 0.6 is 35.3 Å². The number of thiazole rings is 1. The Hall–Kier alpha value is -2.10. The Morgan fingerprint density at radius 2 is 2.00 bits per heavy atom.